The molecule has 0 spiro atoms. The molecule has 1 fully saturated rings. The number of hydrogen-bond acceptors (Lipinski definition) is 10. The Morgan fingerprint density at radius 2 is 1.63 bits per heavy atom. The Morgan fingerprint density at radius 3 is 2.18 bits per heavy atom. The largest absolute Gasteiger partial charge is 0.460 e. The Morgan fingerprint density at radius 1 is 1.00 bits per heavy atom. The minimum Gasteiger partial charge on any atom is -0.460 e. The maximum Gasteiger partial charge on any atom is 0.338 e. The van der Waals surface area contributed by atoms with Gasteiger partial charge in [0.1, 0.15) is 30.0 Å². The van der Waals surface area contributed by atoms with Crippen LogP contribution in [0.3, 0.4) is 0 Å². The van der Waals surface area contributed by atoms with E-state index in [2.05, 4.69) is 47.1 Å². The number of ether oxygens (including phenoxy) is 4. The van der Waals surface area contributed by atoms with Gasteiger partial charge < -0.3 is 39.8 Å². The molecule has 2 aliphatic rings. The lowest BCUT2D eigenvalue weighted by Gasteiger charge is -2.31. The lowest BCUT2D eigenvalue weighted by atomic mass is 9.91. The lowest BCUT2D eigenvalue weighted by Crippen LogP contribution is -2.55. The predicted octanol–water partition coefficient (Wildman–Crippen LogP) is 5.25. The van der Waals surface area contributed by atoms with Crippen molar-refractivity contribution in [3.05, 3.63) is 45.0 Å². The van der Waals surface area contributed by atoms with Crippen molar-refractivity contribution in [2.24, 2.45) is 0 Å². The molecular weight excluding hydrogens is 771 g/mol. The highest BCUT2D eigenvalue weighted by Crippen LogP contribution is 2.43. The van der Waals surface area contributed by atoms with Crippen molar-refractivity contribution < 1.29 is 48.3 Å². The molecule has 0 radical (unpaired) electrons. The van der Waals surface area contributed by atoms with Gasteiger partial charge in [0.05, 0.1) is 24.3 Å². The Hall–Kier alpha value is -2.59. The van der Waals surface area contributed by atoms with E-state index in [0.29, 0.717) is 18.4 Å². The second kappa shape index (κ2) is 20.0. The number of aliphatic hydroxyl groups is 2. The molecule has 6 atom stereocenters. The molecular formula is C38H57IN2O10. The van der Waals surface area contributed by atoms with Gasteiger partial charge in [0.25, 0.3) is 0 Å². The molecule has 13 heteroatoms. The van der Waals surface area contributed by atoms with Gasteiger partial charge in [-0.1, -0.05) is 39.5 Å². The topological polar surface area (TPSA) is 170 Å². The second-order valence-electron chi connectivity index (χ2n) is 14.5. The molecule has 2 amide bonds. The van der Waals surface area contributed by atoms with Crippen molar-refractivity contribution in [1.29, 1.82) is 0 Å². The summed E-state index contributed by atoms with van der Waals surface area (Å²) in [5.41, 5.74) is -0.0939. The summed E-state index contributed by atoms with van der Waals surface area (Å²) in [5.74, 6) is -3.30. The summed E-state index contributed by atoms with van der Waals surface area (Å²) in [4.78, 5) is 52.7. The molecule has 3 rings (SSSR count). The van der Waals surface area contributed by atoms with Crippen LogP contribution in [-0.4, -0.2) is 88.5 Å². The van der Waals surface area contributed by atoms with Crippen LogP contribution in [0.5, 0.6) is 0 Å². The monoisotopic (exact) mass is 828 g/mol. The van der Waals surface area contributed by atoms with Crippen molar-refractivity contribution in [1.82, 2.24) is 10.6 Å². The molecule has 0 unspecified atom stereocenters. The molecule has 4 N–H and O–H groups in total. The molecule has 1 aliphatic carbocycles. The third kappa shape index (κ3) is 13.4. The predicted molar refractivity (Wildman–Crippen MR) is 200 cm³/mol. The van der Waals surface area contributed by atoms with Crippen LogP contribution in [0.15, 0.2) is 35.9 Å². The van der Waals surface area contributed by atoms with Crippen LogP contribution < -0.4 is 10.6 Å². The highest BCUT2D eigenvalue weighted by Gasteiger charge is 2.52. The van der Waals surface area contributed by atoms with Gasteiger partial charge in [0, 0.05) is 34.8 Å². The Labute approximate surface area is 315 Å². The van der Waals surface area contributed by atoms with Crippen molar-refractivity contribution in [2.45, 2.75) is 160 Å². The van der Waals surface area contributed by atoms with E-state index < -0.39 is 78.2 Å². The van der Waals surface area contributed by atoms with Crippen LogP contribution in [0.1, 0.15) is 123 Å². The van der Waals surface area contributed by atoms with E-state index in [1.54, 1.807) is 51.1 Å². The first kappa shape index (κ1) is 42.8. The van der Waals surface area contributed by atoms with Gasteiger partial charge in [-0.25, -0.2) is 4.79 Å². The summed E-state index contributed by atoms with van der Waals surface area (Å²) < 4.78 is 25.6. The zero-order valence-electron chi connectivity index (χ0n) is 30.9. The Kier molecular flexibility index (Phi) is 16.8. The van der Waals surface area contributed by atoms with Crippen LogP contribution in [0.25, 0.3) is 0 Å². The number of fused-ring (bicyclic) bond motifs is 1. The van der Waals surface area contributed by atoms with Crippen molar-refractivity contribution >= 4 is 46.3 Å². The summed E-state index contributed by atoms with van der Waals surface area (Å²) in [6.07, 6.45) is 5.38. The molecule has 0 aromatic heterocycles. The van der Waals surface area contributed by atoms with Crippen LogP contribution in [0.4, 0.5) is 0 Å². The second-order valence-corrected chi connectivity index (χ2v) is 15.8. The first-order valence-corrected chi connectivity index (χ1v) is 19.3. The van der Waals surface area contributed by atoms with Crippen molar-refractivity contribution in [2.75, 3.05) is 6.61 Å². The molecule has 0 saturated carbocycles. The van der Waals surface area contributed by atoms with Gasteiger partial charge in [-0.2, -0.15) is 0 Å². The number of esters is 2. The Bertz CT molecular complexity index is 1330. The minimum atomic E-state index is -1.39. The van der Waals surface area contributed by atoms with Crippen LogP contribution in [0.2, 0.25) is 0 Å². The molecule has 1 aromatic rings. The highest BCUT2D eigenvalue weighted by atomic mass is 127. The third-order valence-electron chi connectivity index (χ3n) is 8.87. The standard InChI is InChI=1S/C38H57IN2O10/c1-7-9-11-19-38(20-12-10-8-2)49-30-22-26(21-29(33(30)51-38)48-36(47)25-13-15-27(39)16-14-25)34(45)41-32(24(3)43)35(46)40-28(23-42)17-18-31(44)50-37(4,5)6/h13-16,22,24,28-30,32-33,42-43H,7-12,17-21,23H2,1-6H3,(H,40,46)(H,41,45)/t24-,28-,29+,30+,32+,33-/m0/s1. The van der Waals surface area contributed by atoms with E-state index in [1.807, 2.05) is 0 Å². The third-order valence-corrected chi connectivity index (χ3v) is 9.59. The van der Waals surface area contributed by atoms with Crippen LogP contribution in [-0.2, 0) is 33.3 Å². The number of amides is 2. The van der Waals surface area contributed by atoms with Gasteiger partial charge in [0.2, 0.25) is 11.8 Å². The summed E-state index contributed by atoms with van der Waals surface area (Å²) in [6, 6.07) is 4.77. The van der Waals surface area contributed by atoms with Gasteiger partial charge >= 0.3 is 11.9 Å². The maximum absolute atomic E-state index is 13.8. The average Bonchev–Trinajstić information content (AvgIpc) is 3.43. The van der Waals surface area contributed by atoms with Gasteiger partial charge in [0.15, 0.2) is 5.79 Å². The molecule has 1 aliphatic heterocycles. The van der Waals surface area contributed by atoms with E-state index >= 15 is 0 Å². The lowest BCUT2D eigenvalue weighted by molar-refractivity contribution is -0.190. The van der Waals surface area contributed by atoms with Crippen LogP contribution in [0, 0.1) is 3.57 Å². The number of rotatable bonds is 19. The summed E-state index contributed by atoms with van der Waals surface area (Å²) in [7, 11) is 0. The van der Waals surface area contributed by atoms with E-state index in [0.717, 1.165) is 42.1 Å². The Balaban J connectivity index is 1.82. The molecule has 51 heavy (non-hydrogen) atoms. The number of unbranched alkanes of at least 4 members (excludes halogenated alkanes) is 4. The van der Waals surface area contributed by atoms with Crippen molar-refractivity contribution in [3.8, 4) is 0 Å². The highest BCUT2D eigenvalue weighted by molar-refractivity contribution is 14.1. The molecule has 1 aromatic carbocycles. The minimum absolute atomic E-state index is 0.00420. The number of nitrogens with one attached hydrogen (secondary N) is 2. The molecule has 12 nitrogen and oxygen atoms in total. The van der Waals surface area contributed by atoms with Gasteiger partial charge in [-0.05, 0) is 99.9 Å². The average molecular weight is 829 g/mol. The van der Waals surface area contributed by atoms with Crippen molar-refractivity contribution in [3.63, 3.8) is 0 Å². The van der Waals surface area contributed by atoms with Gasteiger partial charge in [-0.3, -0.25) is 14.4 Å². The summed E-state index contributed by atoms with van der Waals surface area (Å²) in [6.45, 7) is 10.4. The first-order valence-electron chi connectivity index (χ1n) is 18.2. The molecule has 1 saturated heterocycles. The number of carbonyl (C=O) groups is 4. The van der Waals surface area contributed by atoms with E-state index in [4.69, 9.17) is 18.9 Å². The number of hydrogen-bond donors (Lipinski definition) is 4. The summed E-state index contributed by atoms with van der Waals surface area (Å²) in [5, 5.41) is 25.7. The fourth-order valence-corrected chi connectivity index (χ4v) is 6.57. The normalized spacial score (nSPS) is 21.4. The van der Waals surface area contributed by atoms with E-state index in [9.17, 15) is 29.4 Å². The van der Waals surface area contributed by atoms with E-state index in [1.165, 1.54) is 6.92 Å². The zero-order chi connectivity index (χ0) is 37.8. The first-order chi connectivity index (χ1) is 24.1. The molecule has 286 valence electrons. The molecule has 0 bridgehead atoms. The zero-order valence-corrected chi connectivity index (χ0v) is 33.0. The molecule has 1 heterocycles. The fourth-order valence-electron chi connectivity index (χ4n) is 6.22. The number of benzene rings is 1. The number of carbonyl (C=O) groups excluding carboxylic acids is 4. The summed E-state index contributed by atoms with van der Waals surface area (Å²) >= 11 is 2.16. The van der Waals surface area contributed by atoms with Gasteiger partial charge in [-0.15, -0.1) is 0 Å². The van der Waals surface area contributed by atoms with Crippen LogP contribution >= 0.6 is 22.6 Å². The number of halogens is 1. The maximum atomic E-state index is 13.8. The SMILES string of the molecule is CCCCCC1(CCCCC)O[C@@H]2[C@@H](C=C(C(=O)N[C@@H](C(=O)N[C@H](CO)CCC(=O)OC(C)(C)C)[C@H](C)O)C[C@H]2OC(=O)c2ccc(I)cc2)O1. The quantitative estimate of drug-likeness (QED) is 0.0821. The smallest absolute Gasteiger partial charge is 0.338 e. The number of aliphatic hydroxyl groups excluding tert-OH is 2. The fraction of sp³-hybridized carbons (Fsp3) is 0.684. The van der Waals surface area contributed by atoms with E-state index in [-0.39, 0.29) is 24.8 Å².